The van der Waals surface area contributed by atoms with Gasteiger partial charge in [-0.2, -0.15) is 0 Å². The molecule has 108 valence electrons. The molecule has 0 aromatic heterocycles. The molecule has 1 aromatic carbocycles. The van der Waals surface area contributed by atoms with Crippen LogP contribution in [-0.4, -0.2) is 51.2 Å². The Morgan fingerprint density at radius 2 is 1.85 bits per heavy atom. The van der Waals surface area contributed by atoms with E-state index in [9.17, 15) is 4.79 Å². The van der Waals surface area contributed by atoms with E-state index in [-0.39, 0.29) is 5.97 Å². The lowest BCUT2D eigenvalue weighted by Crippen LogP contribution is -2.44. The molecule has 0 saturated carbocycles. The summed E-state index contributed by atoms with van der Waals surface area (Å²) in [6, 6.07) is 8.45. The molecule has 1 saturated heterocycles. The topological polar surface area (TPSA) is 32.8 Å². The molecule has 1 aliphatic rings. The van der Waals surface area contributed by atoms with Gasteiger partial charge in [0.05, 0.1) is 13.5 Å². The molecular formula is C16H22N2O2. The first-order chi connectivity index (χ1) is 9.69. The van der Waals surface area contributed by atoms with E-state index in [1.165, 1.54) is 12.8 Å². The molecule has 0 bridgehead atoms. The number of methoxy groups -OCH3 is 1. The van der Waals surface area contributed by atoms with E-state index < -0.39 is 0 Å². The number of carbonyl (C=O) groups excluding carboxylic acids is 1. The smallest absolute Gasteiger partial charge is 0.309 e. The third kappa shape index (κ3) is 4.10. The van der Waals surface area contributed by atoms with Crippen LogP contribution >= 0.6 is 0 Å². The third-order valence-electron chi connectivity index (χ3n) is 3.58. The van der Waals surface area contributed by atoms with Crippen LogP contribution in [0.5, 0.6) is 0 Å². The van der Waals surface area contributed by atoms with Crippen molar-refractivity contribution in [3.8, 4) is 0 Å². The SMILES string of the molecule is COC(=O)CC=Cc1ccc(N2CCN(C)CC2)cc1. The fraction of sp³-hybridized carbons (Fsp3) is 0.438. The maximum atomic E-state index is 11.0. The number of piperazine rings is 1. The van der Waals surface area contributed by atoms with Gasteiger partial charge in [-0.3, -0.25) is 4.79 Å². The lowest BCUT2D eigenvalue weighted by molar-refractivity contribution is -0.139. The first kappa shape index (κ1) is 14.6. The summed E-state index contributed by atoms with van der Waals surface area (Å²) in [6.45, 7) is 4.38. The molecule has 20 heavy (non-hydrogen) atoms. The normalized spacial score (nSPS) is 16.6. The van der Waals surface area contributed by atoms with Gasteiger partial charge in [0, 0.05) is 31.9 Å². The van der Waals surface area contributed by atoms with Crippen LogP contribution in [0, 0.1) is 0 Å². The van der Waals surface area contributed by atoms with Crippen molar-refractivity contribution in [2.24, 2.45) is 0 Å². The number of hydrogen-bond acceptors (Lipinski definition) is 4. The Morgan fingerprint density at radius 1 is 1.20 bits per heavy atom. The summed E-state index contributed by atoms with van der Waals surface area (Å²) in [7, 11) is 3.56. The maximum Gasteiger partial charge on any atom is 0.309 e. The molecule has 1 aromatic rings. The number of rotatable bonds is 4. The summed E-state index contributed by atoms with van der Waals surface area (Å²) in [4.78, 5) is 15.8. The lowest BCUT2D eigenvalue weighted by atomic mass is 10.1. The number of likely N-dealkylation sites (N-methyl/N-ethyl adjacent to an activating group) is 1. The van der Waals surface area contributed by atoms with E-state index in [1.54, 1.807) is 0 Å². The largest absolute Gasteiger partial charge is 0.469 e. The molecule has 0 unspecified atom stereocenters. The van der Waals surface area contributed by atoms with Crippen molar-refractivity contribution >= 4 is 17.7 Å². The van der Waals surface area contributed by atoms with Gasteiger partial charge in [0.25, 0.3) is 0 Å². The summed E-state index contributed by atoms with van der Waals surface area (Å²) in [5.74, 6) is -0.213. The monoisotopic (exact) mass is 274 g/mol. The molecule has 4 heteroatoms. The van der Waals surface area contributed by atoms with E-state index in [0.717, 1.165) is 31.7 Å². The van der Waals surface area contributed by atoms with E-state index in [2.05, 4.69) is 45.8 Å². The second-order valence-corrected chi connectivity index (χ2v) is 5.06. The highest BCUT2D eigenvalue weighted by Gasteiger charge is 2.13. The molecular weight excluding hydrogens is 252 g/mol. The van der Waals surface area contributed by atoms with Crippen LogP contribution in [-0.2, 0) is 9.53 Å². The highest BCUT2D eigenvalue weighted by molar-refractivity contribution is 5.72. The predicted molar refractivity (Wildman–Crippen MR) is 81.8 cm³/mol. The molecule has 1 aliphatic heterocycles. The summed E-state index contributed by atoms with van der Waals surface area (Å²) in [5, 5.41) is 0. The van der Waals surface area contributed by atoms with Crippen molar-refractivity contribution in [1.29, 1.82) is 0 Å². The number of esters is 1. The Morgan fingerprint density at radius 3 is 2.45 bits per heavy atom. The molecule has 0 spiro atoms. The van der Waals surface area contributed by atoms with E-state index in [0.29, 0.717) is 6.42 Å². The predicted octanol–water partition coefficient (Wildman–Crippen LogP) is 2.01. The standard InChI is InChI=1S/C16H22N2O2/c1-17-10-12-18(13-11-17)15-8-6-14(7-9-15)4-3-5-16(19)20-2/h3-4,6-9H,5,10-13H2,1-2H3. The van der Waals surface area contributed by atoms with Gasteiger partial charge < -0.3 is 14.5 Å². The molecule has 0 amide bonds. The summed E-state index contributed by atoms with van der Waals surface area (Å²) in [5.41, 5.74) is 2.37. The van der Waals surface area contributed by atoms with Crippen molar-refractivity contribution in [1.82, 2.24) is 4.90 Å². The van der Waals surface area contributed by atoms with Gasteiger partial charge in [-0.05, 0) is 24.7 Å². The molecule has 1 heterocycles. The molecule has 2 rings (SSSR count). The van der Waals surface area contributed by atoms with Gasteiger partial charge in [0.2, 0.25) is 0 Å². The summed E-state index contributed by atoms with van der Waals surface area (Å²) < 4.78 is 4.59. The summed E-state index contributed by atoms with van der Waals surface area (Å²) >= 11 is 0. The number of benzene rings is 1. The molecule has 1 fully saturated rings. The Labute approximate surface area is 120 Å². The molecule has 4 nitrogen and oxygen atoms in total. The van der Waals surface area contributed by atoms with Crippen LogP contribution in [0.1, 0.15) is 12.0 Å². The second-order valence-electron chi connectivity index (χ2n) is 5.06. The van der Waals surface area contributed by atoms with Crippen molar-refractivity contribution < 1.29 is 9.53 Å². The van der Waals surface area contributed by atoms with Crippen LogP contribution in [0.3, 0.4) is 0 Å². The van der Waals surface area contributed by atoms with Crippen molar-refractivity contribution in [3.05, 3.63) is 35.9 Å². The van der Waals surface area contributed by atoms with E-state index in [1.807, 2.05) is 12.2 Å². The minimum atomic E-state index is -0.213. The van der Waals surface area contributed by atoms with Gasteiger partial charge in [-0.15, -0.1) is 0 Å². The maximum absolute atomic E-state index is 11.0. The zero-order chi connectivity index (χ0) is 14.4. The van der Waals surface area contributed by atoms with Crippen LogP contribution in [0.25, 0.3) is 6.08 Å². The average molecular weight is 274 g/mol. The highest BCUT2D eigenvalue weighted by atomic mass is 16.5. The number of nitrogens with zero attached hydrogens (tertiary/aromatic N) is 2. The number of ether oxygens (including phenoxy) is 1. The minimum Gasteiger partial charge on any atom is -0.469 e. The number of hydrogen-bond donors (Lipinski definition) is 0. The fourth-order valence-electron chi connectivity index (χ4n) is 2.24. The average Bonchev–Trinajstić information content (AvgIpc) is 2.48. The van der Waals surface area contributed by atoms with Gasteiger partial charge in [0.15, 0.2) is 0 Å². The Bertz CT molecular complexity index is 460. The third-order valence-corrected chi connectivity index (χ3v) is 3.58. The lowest BCUT2D eigenvalue weighted by Gasteiger charge is -2.34. The zero-order valence-corrected chi connectivity index (χ0v) is 12.2. The molecule has 0 N–H and O–H groups in total. The van der Waals surface area contributed by atoms with Gasteiger partial charge >= 0.3 is 5.97 Å². The minimum absolute atomic E-state index is 0.213. The van der Waals surface area contributed by atoms with Crippen molar-refractivity contribution in [2.45, 2.75) is 6.42 Å². The van der Waals surface area contributed by atoms with Gasteiger partial charge in [-0.1, -0.05) is 24.3 Å². The van der Waals surface area contributed by atoms with E-state index >= 15 is 0 Å². The Balaban J connectivity index is 1.91. The fourth-order valence-corrected chi connectivity index (χ4v) is 2.24. The van der Waals surface area contributed by atoms with Gasteiger partial charge in [-0.25, -0.2) is 0 Å². The second kappa shape index (κ2) is 7.10. The highest BCUT2D eigenvalue weighted by Crippen LogP contribution is 2.17. The Kier molecular flexibility index (Phi) is 5.18. The Hall–Kier alpha value is -1.81. The molecule has 0 aliphatic carbocycles. The van der Waals surface area contributed by atoms with Crippen LogP contribution in [0.4, 0.5) is 5.69 Å². The molecule has 0 radical (unpaired) electrons. The number of carbonyl (C=O) groups is 1. The van der Waals surface area contributed by atoms with Crippen molar-refractivity contribution in [3.63, 3.8) is 0 Å². The van der Waals surface area contributed by atoms with Crippen LogP contribution in [0.2, 0.25) is 0 Å². The molecule has 0 atom stereocenters. The van der Waals surface area contributed by atoms with E-state index in [4.69, 9.17) is 0 Å². The first-order valence-corrected chi connectivity index (χ1v) is 6.96. The van der Waals surface area contributed by atoms with Crippen LogP contribution < -0.4 is 4.90 Å². The summed E-state index contributed by atoms with van der Waals surface area (Å²) in [6.07, 6.45) is 4.10. The van der Waals surface area contributed by atoms with Crippen molar-refractivity contribution in [2.75, 3.05) is 45.2 Å². The van der Waals surface area contributed by atoms with Gasteiger partial charge in [0.1, 0.15) is 0 Å². The van der Waals surface area contributed by atoms with Crippen LogP contribution in [0.15, 0.2) is 30.3 Å². The first-order valence-electron chi connectivity index (χ1n) is 6.96. The quantitative estimate of drug-likeness (QED) is 0.786. The number of anilines is 1. The zero-order valence-electron chi connectivity index (χ0n) is 12.2.